The van der Waals surface area contributed by atoms with Crippen LogP contribution in [0.4, 0.5) is 11.4 Å². The molecule has 0 spiro atoms. The highest BCUT2D eigenvalue weighted by atomic mass is 16.2. The van der Waals surface area contributed by atoms with E-state index in [1.165, 1.54) is 0 Å². The normalized spacial score (nSPS) is 12.5. The molecule has 2 aromatic rings. The van der Waals surface area contributed by atoms with Crippen molar-refractivity contribution in [1.29, 1.82) is 0 Å². The first-order valence-electron chi connectivity index (χ1n) is 13.4. The van der Waals surface area contributed by atoms with Gasteiger partial charge in [-0.2, -0.15) is 0 Å². The van der Waals surface area contributed by atoms with Crippen LogP contribution < -0.4 is 9.80 Å². The Kier molecular flexibility index (Phi) is 9.74. The summed E-state index contributed by atoms with van der Waals surface area (Å²) < 4.78 is 0. The van der Waals surface area contributed by atoms with Crippen LogP contribution in [0.25, 0.3) is 11.1 Å². The molecule has 0 atom stereocenters. The second-order valence-corrected chi connectivity index (χ2v) is 9.51. The zero-order chi connectivity index (χ0) is 24.5. The number of hydrogen-bond acceptors (Lipinski definition) is 4. The van der Waals surface area contributed by atoms with E-state index in [9.17, 15) is 9.59 Å². The maximum Gasteiger partial charge on any atom is 0.234 e. The fourth-order valence-electron chi connectivity index (χ4n) is 4.68. The smallest absolute Gasteiger partial charge is 0.234 e. The molecule has 0 saturated carbocycles. The third-order valence-corrected chi connectivity index (χ3v) is 6.85. The van der Waals surface area contributed by atoms with Crippen molar-refractivity contribution in [3.05, 3.63) is 47.5 Å². The summed E-state index contributed by atoms with van der Waals surface area (Å²) in [6.45, 7) is 12.9. The Morgan fingerprint density at radius 1 is 0.500 bits per heavy atom. The van der Waals surface area contributed by atoms with E-state index in [1.54, 1.807) is 0 Å². The standard InChI is InChI=1S/C30H42N2O2/c1-5-9-17-31(18-10-6-2)23-13-15-25-27(21-23)28-22-24(14-16-26(28)30(34)29(25)33)32(19-11-7-3)20-12-8-4/h13-16,21-22H,5-12,17-20H2,1-4H3. The summed E-state index contributed by atoms with van der Waals surface area (Å²) in [4.78, 5) is 30.7. The molecule has 0 N–H and O–H groups in total. The summed E-state index contributed by atoms with van der Waals surface area (Å²) in [5.74, 6) is -0.770. The van der Waals surface area contributed by atoms with Crippen LogP contribution in [-0.4, -0.2) is 37.7 Å². The Morgan fingerprint density at radius 2 is 0.824 bits per heavy atom. The van der Waals surface area contributed by atoms with E-state index in [0.29, 0.717) is 11.1 Å². The van der Waals surface area contributed by atoms with Crippen molar-refractivity contribution in [3.8, 4) is 11.1 Å². The molecule has 4 heteroatoms. The fraction of sp³-hybridized carbons (Fsp3) is 0.533. The van der Waals surface area contributed by atoms with Gasteiger partial charge in [-0.3, -0.25) is 9.59 Å². The Bertz CT molecular complexity index is 886. The molecule has 1 aliphatic rings. The van der Waals surface area contributed by atoms with E-state index >= 15 is 0 Å². The number of fused-ring (bicyclic) bond motifs is 3. The average Bonchev–Trinajstić information content (AvgIpc) is 2.87. The third kappa shape index (κ3) is 5.89. The molecule has 0 heterocycles. The van der Waals surface area contributed by atoms with Crippen LogP contribution >= 0.6 is 0 Å². The highest BCUT2D eigenvalue weighted by Crippen LogP contribution is 2.38. The summed E-state index contributed by atoms with van der Waals surface area (Å²) >= 11 is 0. The minimum atomic E-state index is -0.385. The Morgan fingerprint density at radius 3 is 1.12 bits per heavy atom. The van der Waals surface area contributed by atoms with Gasteiger partial charge in [0.15, 0.2) is 0 Å². The van der Waals surface area contributed by atoms with Crippen LogP contribution in [0.5, 0.6) is 0 Å². The summed E-state index contributed by atoms with van der Waals surface area (Å²) in [6.07, 6.45) is 9.17. The first-order valence-corrected chi connectivity index (χ1v) is 13.4. The predicted molar refractivity (Wildman–Crippen MR) is 145 cm³/mol. The summed E-state index contributed by atoms with van der Waals surface area (Å²) in [5, 5.41) is 0. The predicted octanol–water partition coefficient (Wildman–Crippen LogP) is 7.55. The first-order chi connectivity index (χ1) is 16.5. The van der Waals surface area contributed by atoms with Gasteiger partial charge in [0.05, 0.1) is 0 Å². The number of carbonyl (C=O) groups is 2. The minimum absolute atomic E-state index is 0.385. The molecular formula is C30H42N2O2. The van der Waals surface area contributed by atoms with Crippen molar-refractivity contribution in [3.63, 3.8) is 0 Å². The molecule has 0 aromatic heterocycles. The molecule has 184 valence electrons. The number of anilines is 2. The zero-order valence-corrected chi connectivity index (χ0v) is 21.7. The first kappa shape index (κ1) is 26.0. The van der Waals surface area contributed by atoms with E-state index in [2.05, 4.69) is 49.6 Å². The SMILES string of the molecule is CCCCN(CCCC)c1ccc2c(c1)-c1cc(N(CCCC)CCCC)ccc1C(=O)C2=O. The number of carbonyl (C=O) groups excluding carboxylic acids is 2. The van der Waals surface area contributed by atoms with Gasteiger partial charge in [0, 0.05) is 48.7 Å². The molecule has 0 unspecified atom stereocenters. The molecular weight excluding hydrogens is 420 g/mol. The van der Waals surface area contributed by atoms with Crippen molar-refractivity contribution < 1.29 is 9.59 Å². The van der Waals surface area contributed by atoms with Gasteiger partial charge in [-0.1, -0.05) is 53.4 Å². The highest BCUT2D eigenvalue weighted by molar-refractivity contribution is 6.53. The molecule has 2 aromatic carbocycles. The summed E-state index contributed by atoms with van der Waals surface area (Å²) in [7, 11) is 0. The molecule has 0 fully saturated rings. The molecule has 0 radical (unpaired) electrons. The highest BCUT2D eigenvalue weighted by Gasteiger charge is 2.31. The average molecular weight is 463 g/mol. The van der Waals surface area contributed by atoms with Crippen LogP contribution in [0, 0.1) is 0 Å². The van der Waals surface area contributed by atoms with Crippen molar-refractivity contribution in [2.24, 2.45) is 0 Å². The lowest BCUT2D eigenvalue weighted by atomic mass is 9.83. The second-order valence-electron chi connectivity index (χ2n) is 9.51. The van der Waals surface area contributed by atoms with Gasteiger partial charge in [0.2, 0.25) is 11.6 Å². The zero-order valence-electron chi connectivity index (χ0n) is 21.7. The van der Waals surface area contributed by atoms with Crippen molar-refractivity contribution >= 4 is 22.9 Å². The number of ketones is 2. The van der Waals surface area contributed by atoms with Gasteiger partial charge >= 0.3 is 0 Å². The van der Waals surface area contributed by atoms with Crippen LogP contribution in [0.2, 0.25) is 0 Å². The number of benzene rings is 2. The Labute approximate surface area is 206 Å². The van der Waals surface area contributed by atoms with Crippen molar-refractivity contribution in [1.82, 2.24) is 0 Å². The largest absolute Gasteiger partial charge is 0.372 e. The Hall–Kier alpha value is -2.62. The van der Waals surface area contributed by atoms with Gasteiger partial charge in [-0.15, -0.1) is 0 Å². The molecule has 34 heavy (non-hydrogen) atoms. The number of hydrogen-bond donors (Lipinski definition) is 0. The third-order valence-electron chi connectivity index (χ3n) is 6.85. The van der Waals surface area contributed by atoms with Gasteiger partial charge in [-0.05, 0) is 73.2 Å². The molecule has 0 saturated heterocycles. The summed E-state index contributed by atoms with van der Waals surface area (Å²) in [6, 6.07) is 12.1. The molecule has 1 aliphatic carbocycles. The van der Waals surface area contributed by atoms with Crippen LogP contribution in [0.3, 0.4) is 0 Å². The number of nitrogens with zero attached hydrogens (tertiary/aromatic N) is 2. The number of unbranched alkanes of at least 4 members (excludes halogenated alkanes) is 4. The molecule has 4 nitrogen and oxygen atoms in total. The van der Waals surface area contributed by atoms with E-state index in [1.807, 2.05) is 24.3 Å². The molecule has 0 amide bonds. The van der Waals surface area contributed by atoms with Crippen LogP contribution in [-0.2, 0) is 0 Å². The van der Waals surface area contributed by atoms with E-state index in [0.717, 1.165) is 100 Å². The van der Waals surface area contributed by atoms with Gasteiger partial charge in [0.25, 0.3) is 0 Å². The van der Waals surface area contributed by atoms with Crippen LogP contribution in [0.15, 0.2) is 36.4 Å². The van der Waals surface area contributed by atoms with E-state index < -0.39 is 0 Å². The van der Waals surface area contributed by atoms with Gasteiger partial charge < -0.3 is 9.80 Å². The fourth-order valence-corrected chi connectivity index (χ4v) is 4.68. The second kappa shape index (κ2) is 12.7. The monoisotopic (exact) mass is 462 g/mol. The minimum Gasteiger partial charge on any atom is -0.372 e. The lowest BCUT2D eigenvalue weighted by molar-refractivity contribution is 0.0815. The van der Waals surface area contributed by atoms with E-state index in [-0.39, 0.29) is 11.6 Å². The number of rotatable bonds is 14. The van der Waals surface area contributed by atoms with Gasteiger partial charge in [0.1, 0.15) is 0 Å². The Balaban J connectivity index is 2.05. The lowest BCUT2D eigenvalue weighted by Crippen LogP contribution is -2.27. The number of Topliss-reactive ketones (excluding diaryl/α,β-unsaturated/α-hetero) is 2. The quantitative estimate of drug-likeness (QED) is 0.272. The van der Waals surface area contributed by atoms with Crippen molar-refractivity contribution in [2.75, 3.05) is 36.0 Å². The topological polar surface area (TPSA) is 40.6 Å². The maximum atomic E-state index is 12.9. The van der Waals surface area contributed by atoms with E-state index in [4.69, 9.17) is 0 Å². The molecule has 0 bridgehead atoms. The molecule has 3 rings (SSSR count). The lowest BCUT2D eigenvalue weighted by Gasteiger charge is -2.29. The van der Waals surface area contributed by atoms with Crippen molar-refractivity contribution in [2.45, 2.75) is 79.1 Å². The maximum absolute atomic E-state index is 12.9. The molecule has 0 aliphatic heterocycles. The van der Waals surface area contributed by atoms with Crippen LogP contribution in [0.1, 0.15) is 99.8 Å². The van der Waals surface area contributed by atoms with Gasteiger partial charge in [-0.25, -0.2) is 0 Å². The summed E-state index contributed by atoms with van der Waals surface area (Å²) in [5.41, 5.74) is 5.18.